The fraction of sp³-hybridized carbons (Fsp3) is 0.167. The van der Waals surface area contributed by atoms with Gasteiger partial charge in [0.1, 0.15) is 11.5 Å². The third-order valence-corrected chi connectivity index (χ3v) is 6.48. The zero-order valence-electron chi connectivity index (χ0n) is 16.4. The number of hydrogen-bond donors (Lipinski definition) is 0. The van der Waals surface area contributed by atoms with E-state index >= 15 is 0 Å². The summed E-state index contributed by atoms with van der Waals surface area (Å²) < 4.78 is 6.42. The molecule has 30 heavy (non-hydrogen) atoms. The molecule has 0 atom stereocenters. The second-order valence-electron chi connectivity index (χ2n) is 6.97. The van der Waals surface area contributed by atoms with Gasteiger partial charge in [-0.05, 0) is 54.8 Å². The third kappa shape index (κ3) is 4.38. The minimum atomic E-state index is -0.137. The molecule has 3 nitrogen and oxygen atoms in total. The number of thiocarbonyl (C=S) groups is 1. The molecule has 2 aromatic carbocycles. The Balaban J connectivity index is 1.54. The Labute approximate surface area is 190 Å². The highest BCUT2D eigenvalue weighted by molar-refractivity contribution is 8.27. The number of carbonyl (C=O) groups excluding carboxylic acids is 1. The summed E-state index contributed by atoms with van der Waals surface area (Å²) in [6.07, 6.45) is 5.09. The van der Waals surface area contributed by atoms with Gasteiger partial charge in [0.2, 0.25) is 0 Å². The summed E-state index contributed by atoms with van der Waals surface area (Å²) in [5.41, 5.74) is 2.87. The molecule has 0 N–H and O–H groups in total. The number of rotatable bonds is 6. The second kappa shape index (κ2) is 9.21. The first-order valence-corrected chi connectivity index (χ1v) is 11.4. The summed E-state index contributed by atoms with van der Waals surface area (Å²) in [6.45, 7) is 2.18. The van der Waals surface area contributed by atoms with Crippen LogP contribution in [0.1, 0.15) is 31.1 Å². The first-order chi connectivity index (χ1) is 14.6. The van der Waals surface area contributed by atoms with Crippen molar-refractivity contribution in [2.45, 2.75) is 26.2 Å². The number of amides is 1. The molecule has 6 heteroatoms. The molecule has 4 rings (SSSR count). The molecule has 2 heterocycles. The standard InChI is InChI=1S/C24H20ClNO2S2/c1-2-3-6-16-9-11-17(12-10-16)26-23(27)22(30-24(26)29)15-18-13-14-21(28-18)19-7-4-5-8-20(19)25/h4-5,7-15H,2-3,6H2,1H3/b22-15+. The van der Waals surface area contributed by atoms with E-state index in [1.807, 2.05) is 48.5 Å². The number of hydrogen-bond acceptors (Lipinski definition) is 4. The van der Waals surface area contributed by atoms with E-state index in [0.717, 1.165) is 30.5 Å². The van der Waals surface area contributed by atoms with Crippen LogP contribution < -0.4 is 4.90 Å². The van der Waals surface area contributed by atoms with Gasteiger partial charge in [-0.2, -0.15) is 0 Å². The van der Waals surface area contributed by atoms with Gasteiger partial charge >= 0.3 is 0 Å². The maximum Gasteiger partial charge on any atom is 0.270 e. The number of anilines is 1. The lowest BCUT2D eigenvalue weighted by Crippen LogP contribution is -2.27. The van der Waals surface area contributed by atoms with Crippen molar-refractivity contribution in [2.75, 3.05) is 4.90 Å². The topological polar surface area (TPSA) is 33.5 Å². The Hall–Kier alpha value is -2.34. The van der Waals surface area contributed by atoms with Gasteiger partial charge in [0.05, 0.1) is 15.6 Å². The molecular formula is C24H20ClNO2S2. The molecule has 1 aliphatic rings. The Bertz CT molecular complexity index is 1120. The van der Waals surface area contributed by atoms with Crippen molar-refractivity contribution in [2.24, 2.45) is 0 Å². The van der Waals surface area contributed by atoms with Crippen molar-refractivity contribution < 1.29 is 9.21 Å². The summed E-state index contributed by atoms with van der Waals surface area (Å²) in [7, 11) is 0. The molecule has 0 unspecified atom stereocenters. The van der Waals surface area contributed by atoms with Crippen molar-refractivity contribution in [3.8, 4) is 11.3 Å². The van der Waals surface area contributed by atoms with E-state index in [1.54, 1.807) is 11.0 Å². The smallest absolute Gasteiger partial charge is 0.270 e. The van der Waals surface area contributed by atoms with Crippen LogP contribution in [-0.2, 0) is 11.2 Å². The van der Waals surface area contributed by atoms with Crippen LogP contribution in [0.5, 0.6) is 0 Å². The zero-order valence-corrected chi connectivity index (χ0v) is 18.8. The number of carbonyl (C=O) groups is 1. The lowest BCUT2D eigenvalue weighted by atomic mass is 10.1. The van der Waals surface area contributed by atoms with Crippen LogP contribution in [0.2, 0.25) is 5.02 Å². The number of thioether (sulfide) groups is 1. The summed E-state index contributed by atoms with van der Waals surface area (Å²) in [5.74, 6) is 1.10. The molecule has 1 aromatic heterocycles. The average Bonchev–Trinajstić information content (AvgIpc) is 3.32. The molecule has 0 bridgehead atoms. The molecule has 152 valence electrons. The number of benzene rings is 2. The van der Waals surface area contributed by atoms with Gasteiger partial charge in [-0.1, -0.05) is 73.2 Å². The van der Waals surface area contributed by atoms with Crippen LogP contribution in [0.4, 0.5) is 5.69 Å². The Morgan fingerprint density at radius 2 is 1.87 bits per heavy atom. The lowest BCUT2D eigenvalue weighted by Gasteiger charge is -2.15. The van der Waals surface area contributed by atoms with Crippen LogP contribution >= 0.6 is 35.6 Å². The molecule has 1 saturated heterocycles. The van der Waals surface area contributed by atoms with Gasteiger partial charge in [0.25, 0.3) is 5.91 Å². The highest BCUT2D eigenvalue weighted by Gasteiger charge is 2.33. The molecular weight excluding hydrogens is 434 g/mol. The summed E-state index contributed by atoms with van der Waals surface area (Å²) in [6, 6.07) is 19.2. The highest BCUT2D eigenvalue weighted by atomic mass is 35.5. The van der Waals surface area contributed by atoms with Gasteiger partial charge in [-0.15, -0.1) is 0 Å². The van der Waals surface area contributed by atoms with Gasteiger partial charge in [-0.25, -0.2) is 0 Å². The van der Waals surface area contributed by atoms with Gasteiger partial charge < -0.3 is 4.42 Å². The molecule has 1 amide bonds. The quantitative estimate of drug-likeness (QED) is 0.288. The SMILES string of the molecule is CCCCc1ccc(N2C(=O)/C(=C\c3ccc(-c4ccccc4Cl)o3)SC2=S)cc1. The summed E-state index contributed by atoms with van der Waals surface area (Å²) in [5, 5.41) is 0.618. The lowest BCUT2D eigenvalue weighted by molar-refractivity contribution is -0.113. The number of nitrogens with zero attached hydrogens (tertiary/aromatic N) is 1. The second-order valence-corrected chi connectivity index (χ2v) is 9.05. The predicted molar refractivity (Wildman–Crippen MR) is 130 cm³/mol. The maximum absolute atomic E-state index is 13.0. The number of unbranched alkanes of at least 4 members (excludes halogenated alkanes) is 1. The number of halogens is 1. The van der Waals surface area contributed by atoms with E-state index in [2.05, 4.69) is 19.1 Å². The predicted octanol–water partition coefficient (Wildman–Crippen LogP) is 7.35. The molecule has 0 aliphatic carbocycles. The van der Waals surface area contributed by atoms with Gasteiger partial charge in [-0.3, -0.25) is 9.69 Å². The number of furan rings is 1. The van der Waals surface area contributed by atoms with Crippen LogP contribution in [0, 0.1) is 0 Å². The van der Waals surface area contributed by atoms with Gasteiger partial charge in [0, 0.05) is 11.6 Å². The van der Waals surface area contributed by atoms with Crippen molar-refractivity contribution in [3.05, 3.63) is 81.9 Å². The van der Waals surface area contributed by atoms with Crippen LogP contribution in [0.15, 0.2) is 70.0 Å². The van der Waals surface area contributed by atoms with E-state index in [9.17, 15) is 4.79 Å². The van der Waals surface area contributed by atoms with E-state index in [1.165, 1.54) is 17.3 Å². The zero-order chi connectivity index (χ0) is 21.1. The van der Waals surface area contributed by atoms with Crippen LogP contribution in [0.3, 0.4) is 0 Å². The average molecular weight is 454 g/mol. The highest BCUT2D eigenvalue weighted by Crippen LogP contribution is 2.37. The van der Waals surface area contributed by atoms with E-state index in [-0.39, 0.29) is 5.91 Å². The molecule has 0 saturated carbocycles. The summed E-state index contributed by atoms with van der Waals surface area (Å²) in [4.78, 5) is 15.1. The Morgan fingerprint density at radius 1 is 1.10 bits per heavy atom. The monoisotopic (exact) mass is 453 g/mol. The minimum Gasteiger partial charge on any atom is -0.457 e. The normalized spacial score (nSPS) is 15.4. The third-order valence-electron chi connectivity index (χ3n) is 4.85. The fourth-order valence-corrected chi connectivity index (χ4v) is 4.76. The van der Waals surface area contributed by atoms with Crippen molar-refractivity contribution in [1.29, 1.82) is 0 Å². The first-order valence-electron chi connectivity index (χ1n) is 9.78. The van der Waals surface area contributed by atoms with E-state index in [4.69, 9.17) is 28.2 Å². The van der Waals surface area contributed by atoms with Crippen LogP contribution in [0.25, 0.3) is 17.4 Å². The molecule has 1 fully saturated rings. The van der Waals surface area contributed by atoms with Crippen LogP contribution in [-0.4, -0.2) is 10.2 Å². The van der Waals surface area contributed by atoms with Crippen molar-refractivity contribution in [3.63, 3.8) is 0 Å². The van der Waals surface area contributed by atoms with E-state index < -0.39 is 0 Å². The van der Waals surface area contributed by atoms with E-state index in [0.29, 0.717) is 25.8 Å². The Morgan fingerprint density at radius 3 is 2.60 bits per heavy atom. The first kappa shape index (κ1) is 20.9. The van der Waals surface area contributed by atoms with Gasteiger partial charge in [0.15, 0.2) is 4.32 Å². The number of aryl methyl sites for hydroxylation is 1. The fourth-order valence-electron chi connectivity index (χ4n) is 3.25. The molecule has 1 aliphatic heterocycles. The maximum atomic E-state index is 13.0. The minimum absolute atomic E-state index is 0.137. The molecule has 0 radical (unpaired) electrons. The largest absolute Gasteiger partial charge is 0.457 e. The van der Waals surface area contributed by atoms with Crippen molar-refractivity contribution in [1.82, 2.24) is 0 Å². The summed E-state index contributed by atoms with van der Waals surface area (Å²) >= 11 is 13.0. The molecule has 0 spiro atoms. The Kier molecular flexibility index (Phi) is 6.42. The van der Waals surface area contributed by atoms with Crippen molar-refractivity contribution >= 4 is 57.6 Å². The molecule has 3 aromatic rings.